The number of benzene rings is 4. The number of carbonyl (C=O) groups is 5. The minimum Gasteiger partial charge on any atom is -0.425 e. The number of hydrogen-bond acceptors (Lipinski definition) is 7. The Labute approximate surface area is 304 Å². The molecule has 11 nitrogen and oxygen atoms in total. The van der Waals surface area contributed by atoms with Gasteiger partial charge in [-0.3, -0.25) is 19.2 Å². The molecule has 0 unspecified atom stereocenters. The zero-order chi connectivity index (χ0) is 38.8. The molecule has 0 aliphatic carbocycles. The number of amides is 4. The van der Waals surface area contributed by atoms with Crippen LogP contribution in [0.5, 0.6) is 5.75 Å². The molecule has 0 radical (unpaired) electrons. The highest BCUT2D eigenvalue weighted by Crippen LogP contribution is 2.33. The van der Waals surface area contributed by atoms with Gasteiger partial charge in [0.1, 0.15) is 12.4 Å². The maximum absolute atomic E-state index is 13.5. The van der Waals surface area contributed by atoms with E-state index in [1.807, 2.05) is 0 Å². The van der Waals surface area contributed by atoms with Crippen LogP contribution in [0.15, 0.2) is 97.1 Å². The Kier molecular flexibility index (Phi) is 13.1. The van der Waals surface area contributed by atoms with Crippen molar-refractivity contribution in [2.75, 3.05) is 45.7 Å². The van der Waals surface area contributed by atoms with E-state index in [0.29, 0.717) is 16.7 Å². The molecule has 4 amide bonds. The van der Waals surface area contributed by atoms with Gasteiger partial charge in [-0.05, 0) is 66.9 Å². The largest absolute Gasteiger partial charge is 0.425 e. The van der Waals surface area contributed by atoms with E-state index in [9.17, 15) is 37.1 Å². The normalized spacial score (nSPS) is 11.3. The molecule has 14 heteroatoms. The Bertz CT molecular complexity index is 1930. The molecule has 0 spiro atoms. The van der Waals surface area contributed by atoms with E-state index in [1.165, 1.54) is 55.4 Å². The minimum absolute atomic E-state index is 0.0304. The Morgan fingerprint density at radius 3 is 1.91 bits per heavy atom. The first-order valence-corrected chi connectivity index (χ1v) is 16.6. The summed E-state index contributed by atoms with van der Waals surface area (Å²) < 4.78 is 50.5. The summed E-state index contributed by atoms with van der Waals surface area (Å²) in [5.41, 5.74) is -1.38. The molecule has 0 aliphatic rings. The van der Waals surface area contributed by atoms with Crippen LogP contribution >= 0.6 is 0 Å². The molecule has 4 rings (SSSR count). The van der Waals surface area contributed by atoms with Gasteiger partial charge in [-0.2, -0.15) is 13.2 Å². The fourth-order valence-corrected chi connectivity index (χ4v) is 5.45. The number of nitrogens with zero attached hydrogens (tertiary/aromatic N) is 1. The molecule has 4 aromatic rings. The Morgan fingerprint density at radius 2 is 1.32 bits per heavy atom. The predicted octanol–water partition coefficient (Wildman–Crippen LogP) is 5.46. The zero-order valence-electron chi connectivity index (χ0n) is 29.5. The molecule has 3 N–H and O–H groups in total. The summed E-state index contributed by atoms with van der Waals surface area (Å²) in [6.07, 6.45) is -4.52. The van der Waals surface area contributed by atoms with Gasteiger partial charge >= 0.3 is 12.1 Å². The number of rotatable bonds is 14. The lowest BCUT2D eigenvalue weighted by atomic mass is 9.79. The topological polar surface area (TPSA) is 143 Å². The zero-order valence-corrected chi connectivity index (χ0v) is 29.5. The third kappa shape index (κ3) is 9.46. The average Bonchev–Trinajstić information content (AvgIpc) is 3.14. The lowest BCUT2D eigenvalue weighted by Crippen LogP contribution is -2.57. The predicted molar refractivity (Wildman–Crippen MR) is 191 cm³/mol. The number of alkyl halides is 3. The van der Waals surface area contributed by atoms with Crippen LogP contribution in [-0.2, 0) is 30.7 Å². The molecule has 0 saturated carbocycles. The number of carbonyl (C=O) groups excluding carboxylic acids is 5. The average molecular weight is 733 g/mol. The van der Waals surface area contributed by atoms with Gasteiger partial charge in [0.2, 0.25) is 11.8 Å². The maximum atomic E-state index is 13.5. The number of esters is 1. The Balaban J connectivity index is 1.54. The minimum atomic E-state index is -4.52. The van der Waals surface area contributed by atoms with E-state index in [1.54, 1.807) is 62.4 Å². The van der Waals surface area contributed by atoms with Crippen LogP contribution in [0, 0.1) is 0 Å². The fraction of sp³-hybridized carbons (Fsp3) is 0.256. The van der Waals surface area contributed by atoms with Crippen LogP contribution in [0.25, 0.3) is 11.1 Å². The van der Waals surface area contributed by atoms with Crippen LogP contribution in [0.2, 0.25) is 0 Å². The van der Waals surface area contributed by atoms with Gasteiger partial charge in [-0.15, -0.1) is 0 Å². The van der Waals surface area contributed by atoms with Gasteiger partial charge in [0.25, 0.3) is 11.8 Å². The highest BCUT2D eigenvalue weighted by atomic mass is 19.4. The maximum Gasteiger partial charge on any atom is 0.416 e. The van der Waals surface area contributed by atoms with Gasteiger partial charge in [0.15, 0.2) is 5.41 Å². The molecule has 0 aliphatic heterocycles. The lowest BCUT2D eigenvalue weighted by molar-refractivity contribution is -0.147. The van der Waals surface area contributed by atoms with Gasteiger partial charge in [0, 0.05) is 32.7 Å². The van der Waals surface area contributed by atoms with E-state index in [4.69, 9.17) is 9.47 Å². The van der Waals surface area contributed by atoms with E-state index >= 15 is 0 Å². The van der Waals surface area contributed by atoms with E-state index < -0.39 is 60.0 Å². The second kappa shape index (κ2) is 17.5. The number of likely N-dealkylation sites (N-methyl/N-ethyl adjacent to an activating group) is 2. The van der Waals surface area contributed by atoms with Gasteiger partial charge < -0.3 is 30.3 Å². The molecule has 0 fully saturated rings. The second-order valence-electron chi connectivity index (χ2n) is 11.9. The van der Waals surface area contributed by atoms with Crippen molar-refractivity contribution in [3.05, 3.63) is 119 Å². The van der Waals surface area contributed by atoms with E-state index in [2.05, 4.69) is 16.0 Å². The first kappa shape index (κ1) is 39.8. The third-order valence-corrected chi connectivity index (χ3v) is 8.06. The highest BCUT2D eigenvalue weighted by molar-refractivity contribution is 6.12. The molecule has 0 atom stereocenters. The van der Waals surface area contributed by atoms with Crippen molar-refractivity contribution in [1.29, 1.82) is 0 Å². The van der Waals surface area contributed by atoms with Gasteiger partial charge in [-0.25, -0.2) is 4.79 Å². The molecule has 0 saturated heterocycles. The van der Waals surface area contributed by atoms with Crippen LogP contribution in [-0.4, -0.2) is 74.9 Å². The number of anilines is 1. The summed E-state index contributed by atoms with van der Waals surface area (Å²) in [7, 11) is 2.98. The summed E-state index contributed by atoms with van der Waals surface area (Å²) in [4.78, 5) is 67.7. The van der Waals surface area contributed by atoms with Crippen LogP contribution in [0.3, 0.4) is 0 Å². The Morgan fingerprint density at radius 1 is 0.717 bits per heavy atom. The third-order valence-electron chi connectivity index (χ3n) is 8.06. The SMILES string of the molecule is CCNC(=O)C(COCC(=O)Oc1ccc(NC(=O)c2ccccc2-c2ccc(C(F)(F)F)cc2)c(C(=O)N(C)C)c1)(C(=O)NCC)c1ccccc1. The summed E-state index contributed by atoms with van der Waals surface area (Å²) in [6.45, 7) is 2.74. The van der Waals surface area contributed by atoms with Crippen LogP contribution in [0.1, 0.15) is 45.7 Å². The molecular weight excluding hydrogens is 693 g/mol. The number of nitrogens with one attached hydrogen (secondary N) is 3. The number of hydrogen-bond donors (Lipinski definition) is 3. The van der Waals surface area contributed by atoms with E-state index in [-0.39, 0.29) is 35.7 Å². The number of ether oxygens (including phenoxy) is 2. The highest BCUT2D eigenvalue weighted by Gasteiger charge is 2.47. The summed E-state index contributed by atoms with van der Waals surface area (Å²) in [5.74, 6) is -3.37. The van der Waals surface area contributed by atoms with E-state index in [0.717, 1.165) is 12.1 Å². The quantitative estimate of drug-likeness (QED) is 0.0888. The molecule has 0 heterocycles. The summed E-state index contributed by atoms with van der Waals surface area (Å²) >= 11 is 0. The van der Waals surface area contributed by atoms with Crippen LogP contribution < -0.4 is 20.7 Å². The standard InChI is InChI=1S/C39H39F3N4O7/c1-5-43-36(50)38(37(51)44-6-2,26-12-8-7-9-13-26)24-52-23-33(47)53-28-20-21-32(31(22-28)35(49)46(3)4)45-34(48)30-15-11-10-14-29(30)25-16-18-27(19-17-25)39(40,41)42/h7-22H,5-6,23-24H2,1-4H3,(H,43,50)(H,44,51)(H,45,48). The smallest absolute Gasteiger partial charge is 0.416 e. The number of halogens is 3. The molecule has 53 heavy (non-hydrogen) atoms. The van der Waals surface area contributed by atoms with Gasteiger partial charge in [-0.1, -0.05) is 60.7 Å². The molecule has 0 aromatic heterocycles. The molecule has 278 valence electrons. The second-order valence-corrected chi connectivity index (χ2v) is 11.9. The lowest BCUT2D eigenvalue weighted by Gasteiger charge is -2.31. The first-order chi connectivity index (χ1) is 25.2. The van der Waals surface area contributed by atoms with Gasteiger partial charge in [0.05, 0.1) is 23.4 Å². The van der Waals surface area contributed by atoms with Crippen molar-refractivity contribution in [3.63, 3.8) is 0 Å². The van der Waals surface area contributed by atoms with Crippen molar-refractivity contribution in [1.82, 2.24) is 15.5 Å². The summed E-state index contributed by atoms with van der Waals surface area (Å²) in [5, 5.41) is 8.04. The monoisotopic (exact) mass is 732 g/mol. The first-order valence-electron chi connectivity index (χ1n) is 16.6. The molecule has 4 aromatic carbocycles. The van der Waals surface area contributed by atoms with Crippen molar-refractivity contribution >= 4 is 35.3 Å². The summed E-state index contributed by atoms with van der Waals surface area (Å²) in [6, 6.07) is 23.0. The van der Waals surface area contributed by atoms with Crippen molar-refractivity contribution in [3.8, 4) is 16.9 Å². The fourth-order valence-electron chi connectivity index (χ4n) is 5.45. The van der Waals surface area contributed by atoms with Crippen molar-refractivity contribution < 1.29 is 46.6 Å². The molecular formula is C39H39F3N4O7. The van der Waals surface area contributed by atoms with Crippen molar-refractivity contribution in [2.45, 2.75) is 25.4 Å². The van der Waals surface area contributed by atoms with Crippen molar-refractivity contribution in [2.24, 2.45) is 0 Å². The Hall–Kier alpha value is -6.02. The van der Waals surface area contributed by atoms with Crippen LogP contribution in [0.4, 0.5) is 18.9 Å². The molecule has 0 bridgehead atoms.